The molecule has 0 saturated heterocycles. The van der Waals surface area contributed by atoms with Crippen molar-refractivity contribution in [3.05, 3.63) is 23.4 Å². The molecule has 1 aromatic heterocycles. The van der Waals surface area contributed by atoms with Crippen LogP contribution in [0.25, 0.3) is 0 Å². The van der Waals surface area contributed by atoms with Crippen LogP contribution >= 0.6 is 0 Å². The number of nitrogens with zero attached hydrogens (tertiary/aromatic N) is 1. The predicted molar refractivity (Wildman–Crippen MR) is 56.8 cm³/mol. The van der Waals surface area contributed by atoms with Gasteiger partial charge < -0.3 is 9.47 Å². The SMILES string of the molecule is CCOc1ncc(C(C)=O)cc1C(=O)OC. The van der Waals surface area contributed by atoms with Gasteiger partial charge in [0, 0.05) is 11.8 Å². The minimum Gasteiger partial charge on any atom is -0.477 e. The summed E-state index contributed by atoms with van der Waals surface area (Å²) in [5.74, 6) is -0.556. The minimum atomic E-state index is -0.570. The Bertz CT molecular complexity index is 414. The summed E-state index contributed by atoms with van der Waals surface area (Å²) in [5.41, 5.74) is 0.515. The van der Waals surface area contributed by atoms with Crippen LogP contribution in [-0.2, 0) is 4.74 Å². The molecule has 0 spiro atoms. The van der Waals surface area contributed by atoms with Gasteiger partial charge in [-0.2, -0.15) is 0 Å². The summed E-state index contributed by atoms with van der Waals surface area (Å²) in [7, 11) is 1.26. The van der Waals surface area contributed by atoms with Gasteiger partial charge >= 0.3 is 5.97 Å². The second-order valence-corrected chi connectivity index (χ2v) is 3.06. The van der Waals surface area contributed by atoms with E-state index in [-0.39, 0.29) is 17.2 Å². The van der Waals surface area contributed by atoms with Crippen LogP contribution in [0.3, 0.4) is 0 Å². The molecule has 5 nitrogen and oxygen atoms in total. The normalized spacial score (nSPS) is 9.69. The maximum atomic E-state index is 11.4. The van der Waals surface area contributed by atoms with Crippen molar-refractivity contribution < 1.29 is 19.1 Å². The summed E-state index contributed by atoms with van der Waals surface area (Å²) < 4.78 is 9.76. The van der Waals surface area contributed by atoms with E-state index in [0.29, 0.717) is 12.2 Å². The molecule has 1 heterocycles. The van der Waals surface area contributed by atoms with E-state index in [4.69, 9.17) is 4.74 Å². The average molecular weight is 223 g/mol. The van der Waals surface area contributed by atoms with Gasteiger partial charge in [0.15, 0.2) is 5.78 Å². The molecular weight excluding hydrogens is 210 g/mol. The van der Waals surface area contributed by atoms with Crippen molar-refractivity contribution >= 4 is 11.8 Å². The third-order valence-electron chi connectivity index (χ3n) is 1.94. The molecule has 0 aromatic carbocycles. The van der Waals surface area contributed by atoms with Crippen molar-refractivity contribution in [3.8, 4) is 5.88 Å². The Hall–Kier alpha value is -1.91. The number of carbonyl (C=O) groups is 2. The molecule has 0 aliphatic carbocycles. The van der Waals surface area contributed by atoms with Gasteiger partial charge in [0.2, 0.25) is 5.88 Å². The standard InChI is InChI=1S/C11H13NO4/c1-4-16-10-9(11(14)15-3)5-8(6-12-10)7(2)13/h5-6H,4H2,1-3H3. The lowest BCUT2D eigenvalue weighted by Gasteiger charge is -2.08. The topological polar surface area (TPSA) is 65.5 Å². The van der Waals surface area contributed by atoms with Crippen molar-refractivity contribution in [2.75, 3.05) is 13.7 Å². The number of rotatable bonds is 4. The number of esters is 1. The highest BCUT2D eigenvalue weighted by molar-refractivity contribution is 5.98. The van der Waals surface area contributed by atoms with Gasteiger partial charge in [-0.25, -0.2) is 9.78 Å². The molecule has 1 rings (SSSR count). The average Bonchev–Trinajstić information content (AvgIpc) is 2.28. The van der Waals surface area contributed by atoms with E-state index >= 15 is 0 Å². The number of carbonyl (C=O) groups excluding carboxylic acids is 2. The first-order valence-electron chi connectivity index (χ1n) is 4.82. The Morgan fingerprint density at radius 3 is 2.62 bits per heavy atom. The molecule has 0 saturated carbocycles. The number of ketones is 1. The van der Waals surface area contributed by atoms with E-state index < -0.39 is 5.97 Å². The molecular formula is C11H13NO4. The molecule has 0 fully saturated rings. The van der Waals surface area contributed by atoms with Gasteiger partial charge in [-0.1, -0.05) is 0 Å². The van der Waals surface area contributed by atoms with Gasteiger partial charge in [0.05, 0.1) is 13.7 Å². The summed E-state index contributed by atoms with van der Waals surface area (Å²) in [4.78, 5) is 26.5. The van der Waals surface area contributed by atoms with E-state index in [9.17, 15) is 9.59 Å². The highest BCUT2D eigenvalue weighted by atomic mass is 16.5. The van der Waals surface area contributed by atoms with Crippen LogP contribution < -0.4 is 4.74 Å². The van der Waals surface area contributed by atoms with Crippen LogP contribution in [0.5, 0.6) is 5.88 Å². The maximum Gasteiger partial charge on any atom is 0.343 e. The van der Waals surface area contributed by atoms with E-state index in [1.165, 1.54) is 26.3 Å². The smallest absolute Gasteiger partial charge is 0.343 e. The van der Waals surface area contributed by atoms with Crippen molar-refractivity contribution in [1.29, 1.82) is 0 Å². The van der Waals surface area contributed by atoms with Crippen LogP contribution in [-0.4, -0.2) is 30.5 Å². The minimum absolute atomic E-state index is 0.164. The first-order chi connectivity index (χ1) is 7.60. The van der Waals surface area contributed by atoms with E-state index in [2.05, 4.69) is 9.72 Å². The monoisotopic (exact) mass is 223 g/mol. The van der Waals surface area contributed by atoms with Gasteiger partial charge in [-0.15, -0.1) is 0 Å². The van der Waals surface area contributed by atoms with Crippen LogP contribution in [0, 0.1) is 0 Å². The predicted octanol–water partition coefficient (Wildman–Crippen LogP) is 1.47. The van der Waals surface area contributed by atoms with Crippen molar-refractivity contribution in [2.45, 2.75) is 13.8 Å². The molecule has 86 valence electrons. The Kier molecular flexibility index (Phi) is 3.99. The van der Waals surface area contributed by atoms with E-state index in [0.717, 1.165) is 0 Å². The molecule has 0 N–H and O–H groups in total. The largest absolute Gasteiger partial charge is 0.477 e. The Morgan fingerprint density at radius 2 is 2.12 bits per heavy atom. The highest BCUT2D eigenvalue weighted by Gasteiger charge is 2.16. The molecule has 0 unspecified atom stereocenters. The molecule has 0 bridgehead atoms. The fourth-order valence-electron chi connectivity index (χ4n) is 1.15. The first kappa shape index (κ1) is 12.2. The summed E-state index contributed by atoms with van der Waals surface area (Å²) in [6.45, 7) is 3.57. The summed E-state index contributed by atoms with van der Waals surface area (Å²) >= 11 is 0. The van der Waals surface area contributed by atoms with E-state index in [1.54, 1.807) is 6.92 Å². The third kappa shape index (κ3) is 2.56. The number of Topliss-reactive ketones (excluding diaryl/α,β-unsaturated/α-hetero) is 1. The number of hydrogen-bond donors (Lipinski definition) is 0. The van der Waals surface area contributed by atoms with Crippen molar-refractivity contribution in [2.24, 2.45) is 0 Å². The third-order valence-corrected chi connectivity index (χ3v) is 1.94. The molecule has 0 aliphatic heterocycles. The zero-order valence-electron chi connectivity index (χ0n) is 9.44. The summed E-state index contributed by atoms with van der Waals surface area (Å²) in [6, 6.07) is 1.42. The molecule has 16 heavy (non-hydrogen) atoms. The Morgan fingerprint density at radius 1 is 1.44 bits per heavy atom. The lowest BCUT2D eigenvalue weighted by molar-refractivity contribution is 0.0595. The van der Waals surface area contributed by atoms with E-state index in [1.807, 2.05) is 0 Å². The zero-order chi connectivity index (χ0) is 12.1. The summed E-state index contributed by atoms with van der Waals surface area (Å²) in [5, 5.41) is 0. The second kappa shape index (κ2) is 5.25. The lowest BCUT2D eigenvalue weighted by Crippen LogP contribution is -2.09. The van der Waals surface area contributed by atoms with Gasteiger partial charge in [-0.3, -0.25) is 4.79 Å². The summed E-state index contributed by atoms with van der Waals surface area (Å²) in [6.07, 6.45) is 1.37. The molecule has 5 heteroatoms. The Labute approximate surface area is 93.4 Å². The number of methoxy groups -OCH3 is 1. The lowest BCUT2D eigenvalue weighted by atomic mass is 10.1. The van der Waals surface area contributed by atoms with Gasteiger partial charge in [0.1, 0.15) is 5.56 Å². The number of pyridine rings is 1. The first-order valence-corrected chi connectivity index (χ1v) is 4.82. The van der Waals surface area contributed by atoms with Crippen LogP contribution in [0.15, 0.2) is 12.3 Å². The van der Waals surface area contributed by atoms with Crippen molar-refractivity contribution in [3.63, 3.8) is 0 Å². The molecule has 0 amide bonds. The number of aromatic nitrogens is 1. The maximum absolute atomic E-state index is 11.4. The van der Waals surface area contributed by atoms with Gasteiger partial charge in [-0.05, 0) is 19.9 Å². The molecule has 0 radical (unpaired) electrons. The van der Waals surface area contributed by atoms with Crippen LogP contribution in [0.4, 0.5) is 0 Å². The molecule has 0 atom stereocenters. The fraction of sp³-hybridized carbons (Fsp3) is 0.364. The number of ether oxygens (including phenoxy) is 2. The van der Waals surface area contributed by atoms with Crippen LogP contribution in [0.2, 0.25) is 0 Å². The Balaban J connectivity index is 3.20. The quantitative estimate of drug-likeness (QED) is 0.571. The highest BCUT2D eigenvalue weighted by Crippen LogP contribution is 2.18. The molecule has 1 aromatic rings. The van der Waals surface area contributed by atoms with Gasteiger partial charge in [0.25, 0.3) is 0 Å². The second-order valence-electron chi connectivity index (χ2n) is 3.06. The zero-order valence-corrected chi connectivity index (χ0v) is 9.44. The molecule has 0 aliphatic rings. The van der Waals surface area contributed by atoms with Crippen LogP contribution in [0.1, 0.15) is 34.6 Å². The fourth-order valence-corrected chi connectivity index (χ4v) is 1.15. The number of hydrogen-bond acceptors (Lipinski definition) is 5. The van der Waals surface area contributed by atoms with Crippen molar-refractivity contribution in [1.82, 2.24) is 4.98 Å².